The standard InChI is InChI=1S/C18H20N3O7P/c22-13-26-15-2-1-3-16(11-15)28-18-10-14(4-5-17(18)21(23)24)12-27-29(25,19-6-7-19)20-8-9-20/h1-5,10-11,22H,6-9,12-13H2. The van der Waals surface area contributed by atoms with Gasteiger partial charge in [-0.05, 0) is 29.8 Å². The zero-order valence-corrected chi connectivity index (χ0v) is 16.4. The Morgan fingerprint density at radius 1 is 1.07 bits per heavy atom. The molecular formula is C18H20N3O7P. The van der Waals surface area contributed by atoms with Gasteiger partial charge in [-0.3, -0.25) is 14.7 Å². The molecule has 0 atom stereocenters. The van der Waals surface area contributed by atoms with Gasteiger partial charge in [0.2, 0.25) is 5.75 Å². The summed E-state index contributed by atoms with van der Waals surface area (Å²) in [6.07, 6.45) is 0. The minimum atomic E-state index is -2.98. The lowest BCUT2D eigenvalue weighted by atomic mass is 10.2. The number of hydrogen-bond acceptors (Lipinski definition) is 7. The van der Waals surface area contributed by atoms with Gasteiger partial charge in [0.1, 0.15) is 11.5 Å². The van der Waals surface area contributed by atoms with Crippen LogP contribution in [-0.4, -0.2) is 52.3 Å². The lowest BCUT2D eigenvalue weighted by Crippen LogP contribution is -2.08. The number of nitro benzene ring substituents is 1. The third-order valence-electron chi connectivity index (χ3n) is 4.45. The topological polar surface area (TPSA) is 114 Å². The van der Waals surface area contributed by atoms with Crippen LogP contribution in [0, 0.1) is 10.1 Å². The van der Waals surface area contributed by atoms with E-state index >= 15 is 0 Å². The average Bonchev–Trinajstić information content (AvgIpc) is 3.58. The number of ether oxygens (including phenoxy) is 2. The monoisotopic (exact) mass is 421 g/mol. The molecule has 0 bridgehead atoms. The van der Waals surface area contributed by atoms with Gasteiger partial charge in [-0.1, -0.05) is 6.07 Å². The van der Waals surface area contributed by atoms with Crippen molar-refractivity contribution >= 4 is 13.4 Å². The van der Waals surface area contributed by atoms with Gasteiger partial charge in [-0.2, -0.15) is 0 Å². The van der Waals surface area contributed by atoms with Crippen molar-refractivity contribution in [1.29, 1.82) is 0 Å². The summed E-state index contributed by atoms with van der Waals surface area (Å²) < 4.78 is 33.1. The maximum atomic E-state index is 13.0. The quantitative estimate of drug-likeness (QED) is 0.203. The van der Waals surface area contributed by atoms with Crippen molar-refractivity contribution < 1.29 is 28.6 Å². The molecule has 29 heavy (non-hydrogen) atoms. The van der Waals surface area contributed by atoms with Crippen molar-refractivity contribution in [3.8, 4) is 17.2 Å². The minimum absolute atomic E-state index is 0.0329. The maximum Gasteiger partial charge on any atom is 0.346 e. The number of aliphatic hydroxyl groups is 1. The molecule has 154 valence electrons. The van der Waals surface area contributed by atoms with Crippen molar-refractivity contribution in [2.75, 3.05) is 33.0 Å². The van der Waals surface area contributed by atoms with E-state index in [0.29, 0.717) is 17.1 Å². The third-order valence-corrected chi connectivity index (χ3v) is 7.14. The van der Waals surface area contributed by atoms with Gasteiger partial charge in [0, 0.05) is 38.3 Å². The van der Waals surface area contributed by atoms with Crippen LogP contribution in [0.1, 0.15) is 5.56 Å². The molecule has 0 unspecified atom stereocenters. The summed E-state index contributed by atoms with van der Waals surface area (Å²) in [5.41, 5.74) is 0.402. The molecule has 0 aromatic heterocycles. The first-order valence-corrected chi connectivity index (χ1v) is 10.6. The van der Waals surface area contributed by atoms with Crippen LogP contribution < -0.4 is 9.47 Å². The van der Waals surface area contributed by atoms with E-state index in [0.717, 1.165) is 26.2 Å². The number of nitro groups is 1. The Morgan fingerprint density at radius 3 is 2.38 bits per heavy atom. The first-order valence-electron chi connectivity index (χ1n) is 9.04. The van der Waals surface area contributed by atoms with E-state index in [2.05, 4.69) is 0 Å². The normalized spacial score (nSPS) is 16.4. The lowest BCUT2D eigenvalue weighted by Gasteiger charge is -2.19. The van der Waals surface area contributed by atoms with Gasteiger partial charge >= 0.3 is 13.4 Å². The number of nitrogens with zero attached hydrogens (tertiary/aromatic N) is 3. The van der Waals surface area contributed by atoms with Gasteiger partial charge in [-0.25, -0.2) is 9.34 Å². The molecular weight excluding hydrogens is 401 g/mol. The summed E-state index contributed by atoms with van der Waals surface area (Å²) in [4.78, 5) is 10.8. The van der Waals surface area contributed by atoms with Crippen molar-refractivity contribution in [3.05, 3.63) is 58.1 Å². The number of aliphatic hydroxyl groups excluding tert-OH is 1. The molecule has 11 heteroatoms. The molecule has 2 fully saturated rings. The fourth-order valence-electron chi connectivity index (χ4n) is 2.81. The average molecular weight is 421 g/mol. The second-order valence-corrected chi connectivity index (χ2v) is 8.95. The summed E-state index contributed by atoms with van der Waals surface area (Å²) >= 11 is 0. The molecule has 2 aromatic rings. The number of benzene rings is 2. The van der Waals surface area contributed by atoms with Crippen LogP contribution in [0.2, 0.25) is 0 Å². The van der Waals surface area contributed by atoms with E-state index in [-0.39, 0.29) is 18.0 Å². The van der Waals surface area contributed by atoms with Crippen LogP contribution in [0.25, 0.3) is 0 Å². The Balaban J connectivity index is 1.53. The second-order valence-electron chi connectivity index (χ2n) is 6.58. The van der Waals surface area contributed by atoms with Crippen LogP contribution in [0.4, 0.5) is 5.69 Å². The number of hydrogen-bond donors (Lipinski definition) is 1. The summed E-state index contributed by atoms with van der Waals surface area (Å²) in [5, 5.41) is 20.3. The van der Waals surface area contributed by atoms with E-state index in [9.17, 15) is 14.7 Å². The van der Waals surface area contributed by atoms with Gasteiger partial charge < -0.3 is 19.1 Å². The molecule has 0 amide bonds. The fraction of sp³-hybridized carbons (Fsp3) is 0.333. The van der Waals surface area contributed by atoms with E-state index in [1.165, 1.54) is 18.2 Å². The maximum absolute atomic E-state index is 13.0. The summed E-state index contributed by atoms with van der Waals surface area (Å²) in [7, 11) is -2.98. The zero-order chi connectivity index (χ0) is 20.4. The Morgan fingerprint density at radius 2 is 1.76 bits per heavy atom. The minimum Gasteiger partial charge on any atom is -0.468 e. The van der Waals surface area contributed by atoms with Crippen molar-refractivity contribution in [2.24, 2.45) is 0 Å². The highest BCUT2D eigenvalue weighted by Gasteiger charge is 2.49. The Kier molecular flexibility index (Phi) is 5.53. The Hall–Kier alpha value is -2.49. The van der Waals surface area contributed by atoms with Crippen LogP contribution >= 0.6 is 7.67 Å². The summed E-state index contributed by atoms with van der Waals surface area (Å²) in [6, 6.07) is 10.8. The second kappa shape index (κ2) is 8.10. The predicted molar refractivity (Wildman–Crippen MR) is 103 cm³/mol. The molecule has 0 radical (unpaired) electrons. The Bertz CT molecular complexity index is 946. The SMILES string of the molecule is O=[N+]([O-])c1ccc(COP(=O)(N2CC2)N2CC2)cc1Oc1cccc(OCO)c1. The first kappa shape index (κ1) is 19.8. The van der Waals surface area contributed by atoms with Gasteiger partial charge in [-0.15, -0.1) is 0 Å². The largest absolute Gasteiger partial charge is 0.468 e. The van der Waals surface area contributed by atoms with Gasteiger partial charge in [0.25, 0.3) is 0 Å². The third kappa shape index (κ3) is 4.58. The zero-order valence-electron chi connectivity index (χ0n) is 15.5. The van der Waals surface area contributed by atoms with E-state index in [1.54, 1.807) is 33.6 Å². The molecule has 2 aliphatic rings. The fourth-order valence-corrected chi connectivity index (χ4v) is 5.00. The van der Waals surface area contributed by atoms with Gasteiger partial charge in [0.05, 0.1) is 11.5 Å². The highest BCUT2D eigenvalue weighted by Crippen LogP contribution is 2.61. The van der Waals surface area contributed by atoms with E-state index in [1.807, 2.05) is 0 Å². The molecule has 0 saturated carbocycles. The van der Waals surface area contributed by atoms with Crippen molar-refractivity contribution in [2.45, 2.75) is 6.61 Å². The van der Waals surface area contributed by atoms with E-state index in [4.69, 9.17) is 19.1 Å². The molecule has 1 N–H and O–H groups in total. The van der Waals surface area contributed by atoms with Crippen molar-refractivity contribution in [3.63, 3.8) is 0 Å². The smallest absolute Gasteiger partial charge is 0.346 e. The highest BCUT2D eigenvalue weighted by molar-refractivity contribution is 7.54. The van der Waals surface area contributed by atoms with Crippen LogP contribution in [-0.2, 0) is 15.7 Å². The molecule has 0 aliphatic carbocycles. The van der Waals surface area contributed by atoms with E-state index < -0.39 is 19.4 Å². The summed E-state index contributed by atoms with van der Waals surface area (Å²) in [6.45, 7) is 2.53. The number of rotatable bonds is 10. The molecule has 0 spiro atoms. The van der Waals surface area contributed by atoms with Crippen LogP contribution in [0.15, 0.2) is 42.5 Å². The molecule has 2 heterocycles. The highest BCUT2D eigenvalue weighted by atomic mass is 31.2. The van der Waals surface area contributed by atoms with Gasteiger partial charge in [0.15, 0.2) is 6.79 Å². The van der Waals surface area contributed by atoms with Crippen molar-refractivity contribution in [1.82, 2.24) is 9.34 Å². The lowest BCUT2D eigenvalue weighted by molar-refractivity contribution is -0.385. The molecule has 2 aromatic carbocycles. The van der Waals surface area contributed by atoms with Crippen LogP contribution in [0.3, 0.4) is 0 Å². The molecule has 10 nitrogen and oxygen atoms in total. The molecule has 4 rings (SSSR count). The first-order chi connectivity index (χ1) is 14.0. The van der Waals surface area contributed by atoms with Crippen LogP contribution in [0.5, 0.6) is 17.2 Å². The Labute approximate surface area is 166 Å². The predicted octanol–water partition coefficient (Wildman–Crippen LogP) is 2.97. The molecule has 2 aliphatic heterocycles. The summed E-state index contributed by atoms with van der Waals surface area (Å²) in [5.74, 6) is 0.714. The molecule has 2 saturated heterocycles.